The van der Waals surface area contributed by atoms with Crippen molar-refractivity contribution in [3.63, 3.8) is 0 Å². The summed E-state index contributed by atoms with van der Waals surface area (Å²) in [6, 6.07) is 16.8. The molecule has 0 aliphatic rings. The van der Waals surface area contributed by atoms with E-state index < -0.39 is 11.4 Å². The number of hydrogen-bond donors (Lipinski definition) is 0. The number of rotatable bonds is 3. The summed E-state index contributed by atoms with van der Waals surface area (Å²) in [6.45, 7) is 5.94. The topological polar surface area (TPSA) is 65.0 Å². The first-order valence-corrected chi connectivity index (χ1v) is 10.8. The molecule has 2 aromatic heterocycles. The van der Waals surface area contributed by atoms with E-state index in [1.807, 2.05) is 63.2 Å². The molecular formula is C25H21Cl2N3O2. The molecule has 32 heavy (non-hydrogen) atoms. The van der Waals surface area contributed by atoms with Crippen molar-refractivity contribution in [2.24, 2.45) is 0 Å². The molecule has 0 saturated carbocycles. The fourth-order valence-corrected chi connectivity index (χ4v) is 3.70. The normalized spacial score (nSPS) is 11.6. The lowest BCUT2D eigenvalue weighted by Crippen LogP contribution is -2.19. The van der Waals surface area contributed by atoms with E-state index in [0.29, 0.717) is 32.6 Å². The largest absolute Gasteiger partial charge is 0.464 e. The van der Waals surface area contributed by atoms with Gasteiger partial charge in [0.05, 0.1) is 18.2 Å². The number of methoxy groups -OCH3 is 1. The van der Waals surface area contributed by atoms with Gasteiger partial charge >= 0.3 is 5.97 Å². The maximum atomic E-state index is 12.6. The lowest BCUT2D eigenvalue weighted by Gasteiger charge is -2.19. The molecule has 0 aliphatic carbocycles. The minimum atomic E-state index is -0.544. The molecule has 162 valence electrons. The molecule has 7 heteroatoms. The van der Waals surface area contributed by atoms with Crippen LogP contribution in [0.1, 0.15) is 37.1 Å². The highest BCUT2D eigenvalue weighted by Crippen LogP contribution is 2.37. The fraction of sp³-hybridized carbons (Fsp3) is 0.200. The van der Waals surface area contributed by atoms with Crippen LogP contribution in [-0.4, -0.2) is 28.0 Å². The second-order valence-corrected chi connectivity index (χ2v) is 9.22. The molecule has 0 amide bonds. The SMILES string of the molecule is COC(=O)c1nc(C(C)(C)C)nc2nc(-c3ccccc3Cl)c(-c3ccc(Cl)cc3)cc12. The van der Waals surface area contributed by atoms with Gasteiger partial charge in [0.15, 0.2) is 11.3 Å². The van der Waals surface area contributed by atoms with Crippen molar-refractivity contribution < 1.29 is 9.53 Å². The Bertz CT molecular complexity index is 1330. The molecular weight excluding hydrogens is 445 g/mol. The average molecular weight is 466 g/mol. The van der Waals surface area contributed by atoms with Crippen LogP contribution < -0.4 is 0 Å². The number of aromatic nitrogens is 3. The molecule has 0 N–H and O–H groups in total. The van der Waals surface area contributed by atoms with E-state index in [4.69, 9.17) is 37.9 Å². The number of pyridine rings is 1. The van der Waals surface area contributed by atoms with Crippen LogP contribution in [0.25, 0.3) is 33.4 Å². The van der Waals surface area contributed by atoms with E-state index >= 15 is 0 Å². The van der Waals surface area contributed by atoms with Gasteiger partial charge in [0.1, 0.15) is 5.82 Å². The smallest absolute Gasteiger partial charge is 0.357 e. The van der Waals surface area contributed by atoms with Gasteiger partial charge in [0.2, 0.25) is 0 Å². The molecule has 0 spiro atoms. The summed E-state index contributed by atoms with van der Waals surface area (Å²) in [7, 11) is 1.33. The van der Waals surface area contributed by atoms with Gasteiger partial charge in [0.25, 0.3) is 0 Å². The summed E-state index contributed by atoms with van der Waals surface area (Å²) in [6.07, 6.45) is 0. The van der Waals surface area contributed by atoms with Gasteiger partial charge in [-0.05, 0) is 29.8 Å². The summed E-state index contributed by atoms with van der Waals surface area (Å²) >= 11 is 12.6. The molecule has 5 nitrogen and oxygen atoms in total. The van der Waals surface area contributed by atoms with Crippen LogP contribution in [0.5, 0.6) is 0 Å². The highest BCUT2D eigenvalue weighted by atomic mass is 35.5. The number of ether oxygens (including phenoxy) is 1. The molecule has 2 aromatic carbocycles. The zero-order valence-corrected chi connectivity index (χ0v) is 19.6. The maximum Gasteiger partial charge on any atom is 0.357 e. The third-order valence-corrected chi connectivity index (χ3v) is 5.60. The average Bonchev–Trinajstić information content (AvgIpc) is 2.77. The van der Waals surface area contributed by atoms with Crippen molar-refractivity contribution in [2.75, 3.05) is 7.11 Å². The Morgan fingerprint density at radius 3 is 2.22 bits per heavy atom. The van der Waals surface area contributed by atoms with Crippen LogP contribution in [0.3, 0.4) is 0 Å². The minimum absolute atomic E-state index is 0.177. The Morgan fingerprint density at radius 1 is 0.906 bits per heavy atom. The first kappa shape index (κ1) is 22.2. The highest BCUT2D eigenvalue weighted by Gasteiger charge is 2.25. The van der Waals surface area contributed by atoms with E-state index in [2.05, 4.69) is 4.98 Å². The van der Waals surface area contributed by atoms with Crippen LogP contribution in [0.15, 0.2) is 54.6 Å². The lowest BCUT2D eigenvalue weighted by molar-refractivity contribution is 0.0596. The van der Waals surface area contributed by atoms with E-state index in [1.165, 1.54) is 7.11 Å². The number of hydrogen-bond acceptors (Lipinski definition) is 5. The van der Waals surface area contributed by atoms with Crippen molar-refractivity contribution in [3.8, 4) is 22.4 Å². The van der Waals surface area contributed by atoms with Crippen LogP contribution in [0.4, 0.5) is 0 Å². The van der Waals surface area contributed by atoms with Gasteiger partial charge in [-0.25, -0.2) is 19.7 Å². The minimum Gasteiger partial charge on any atom is -0.464 e. The standard InChI is InChI=1S/C25H21Cl2N3O2/c1-25(2,3)24-29-21(23(31)32-4)18-13-17(14-9-11-15(26)12-10-14)20(28-22(18)30-24)16-7-5-6-8-19(16)27/h5-13H,1-4H3. The van der Waals surface area contributed by atoms with E-state index in [1.54, 1.807) is 12.1 Å². The third kappa shape index (κ3) is 4.18. The molecule has 0 bridgehead atoms. The predicted molar refractivity (Wildman–Crippen MR) is 128 cm³/mol. The Morgan fingerprint density at radius 2 is 1.59 bits per heavy atom. The molecule has 4 aromatic rings. The Labute approximate surface area is 196 Å². The molecule has 0 saturated heterocycles. The first-order chi connectivity index (χ1) is 15.2. The quantitative estimate of drug-likeness (QED) is 0.313. The maximum absolute atomic E-state index is 12.6. The van der Waals surface area contributed by atoms with Crippen LogP contribution in [0, 0.1) is 0 Å². The Balaban J connectivity index is 2.12. The van der Waals surface area contributed by atoms with Gasteiger partial charge in [-0.1, -0.05) is 74.3 Å². The van der Waals surface area contributed by atoms with Gasteiger partial charge in [-0.15, -0.1) is 0 Å². The molecule has 2 heterocycles. The number of halogens is 2. The van der Waals surface area contributed by atoms with Crippen LogP contribution >= 0.6 is 23.2 Å². The molecule has 0 radical (unpaired) electrons. The monoisotopic (exact) mass is 465 g/mol. The molecule has 0 atom stereocenters. The zero-order chi connectivity index (χ0) is 23.0. The zero-order valence-electron chi connectivity index (χ0n) is 18.1. The molecule has 0 unspecified atom stereocenters. The molecule has 4 rings (SSSR count). The van der Waals surface area contributed by atoms with Gasteiger partial charge in [0, 0.05) is 26.6 Å². The van der Waals surface area contributed by atoms with Crippen molar-refractivity contribution in [3.05, 3.63) is 76.2 Å². The van der Waals surface area contributed by atoms with E-state index in [0.717, 1.165) is 16.7 Å². The van der Waals surface area contributed by atoms with Gasteiger partial charge in [-0.2, -0.15) is 0 Å². The number of nitrogens with zero attached hydrogens (tertiary/aromatic N) is 3. The van der Waals surface area contributed by atoms with Crippen molar-refractivity contribution in [1.29, 1.82) is 0 Å². The van der Waals surface area contributed by atoms with Crippen molar-refractivity contribution >= 4 is 40.2 Å². The predicted octanol–water partition coefficient (Wildman–Crippen LogP) is 6.75. The molecule has 0 aliphatic heterocycles. The lowest BCUT2D eigenvalue weighted by atomic mass is 9.94. The van der Waals surface area contributed by atoms with Crippen molar-refractivity contribution in [2.45, 2.75) is 26.2 Å². The fourth-order valence-electron chi connectivity index (χ4n) is 3.35. The van der Waals surface area contributed by atoms with Gasteiger partial charge in [-0.3, -0.25) is 0 Å². The number of carbonyl (C=O) groups excluding carboxylic acids is 1. The summed E-state index contributed by atoms with van der Waals surface area (Å²) < 4.78 is 5.01. The Hall–Kier alpha value is -3.02. The number of benzene rings is 2. The van der Waals surface area contributed by atoms with E-state index in [9.17, 15) is 4.79 Å². The summed E-state index contributed by atoms with van der Waals surface area (Å²) in [5, 5.41) is 1.69. The van der Waals surface area contributed by atoms with E-state index in [-0.39, 0.29) is 5.69 Å². The number of fused-ring (bicyclic) bond motifs is 1. The second-order valence-electron chi connectivity index (χ2n) is 8.38. The summed E-state index contributed by atoms with van der Waals surface area (Å²) in [4.78, 5) is 26.7. The number of carbonyl (C=O) groups is 1. The number of esters is 1. The van der Waals surface area contributed by atoms with Crippen molar-refractivity contribution in [1.82, 2.24) is 15.0 Å². The first-order valence-electron chi connectivity index (χ1n) is 10.0. The molecule has 0 fully saturated rings. The Kier molecular flexibility index (Phi) is 5.89. The highest BCUT2D eigenvalue weighted by molar-refractivity contribution is 6.33. The van der Waals surface area contributed by atoms with Crippen LogP contribution in [-0.2, 0) is 10.2 Å². The van der Waals surface area contributed by atoms with Gasteiger partial charge < -0.3 is 4.74 Å². The third-order valence-electron chi connectivity index (χ3n) is 5.02. The van der Waals surface area contributed by atoms with Crippen LogP contribution in [0.2, 0.25) is 10.0 Å². The summed E-state index contributed by atoms with van der Waals surface area (Å²) in [5.74, 6) is -0.0421. The summed E-state index contributed by atoms with van der Waals surface area (Å²) in [5.41, 5.74) is 3.25. The second kappa shape index (κ2) is 8.49.